The molecule has 4 rings (SSSR count). The van der Waals surface area contributed by atoms with Crippen molar-refractivity contribution in [1.82, 2.24) is 9.62 Å². The third-order valence-electron chi connectivity index (χ3n) is 4.79. The Kier molecular flexibility index (Phi) is 5.74. The van der Waals surface area contributed by atoms with Crippen molar-refractivity contribution >= 4 is 50.6 Å². The Labute approximate surface area is 177 Å². The van der Waals surface area contributed by atoms with Crippen molar-refractivity contribution < 1.29 is 22.4 Å². The summed E-state index contributed by atoms with van der Waals surface area (Å²) in [5.41, 5.74) is 0.498. The number of aryl methyl sites for hydroxylation is 1. The zero-order valence-electron chi connectivity index (χ0n) is 15.8. The Bertz CT molecular complexity index is 1040. The minimum Gasteiger partial charge on any atom is -0.465 e. The molecule has 11 heteroatoms. The number of nitrogens with one attached hydrogen (secondary N) is 1. The number of thioether (sulfide) groups is 1. The molecule has 0 saturated carbocycles. The topological polar surface area (TPSA) is 99.9 Å². The molecule has 29 heavy (non-hydrogen) atoms. The zero-order chi connectivity index (χ0) is 20.6. The third kappa shape index (κ3) is 4.23. The molecule has 4 heterocycles. The first-order valence-corrected chi connectivity index (χ1v) is 12.5. The molecule has 1 N–H and O–H groups in total. The van der Waals surface area contributed by atoms with Crippen LogP contribution in [0.15, 0.2) is 31.0 Å². The number of carbonyl (C=O) groups excluding carboxylic acids is 2. The first kappa shape index (κ1) is 20.5. The van der Waals surface area contributed by atoms with Gasteiger partial charge < -0.3 is 14.6 Å². The normalized spacial score (nSPS) is 17.6. The maximum absolute atomic E-state index is 12.9. The lowest BCUT2D eigenvalue weighted by atomic mass is 10.3. The van der Waals surface area contributed by atoms with Gasteiger partial charge in [-0.3, -0.25) is 9.59 Å². The number of anilines is 1. The minimum absolute atomic E-state index is 0.161. The average Bonchev–Trinajstić information content (AvgIpc) is 3.43. The van der Waals surface area contributed by atoms with E-state index in [0.717, 1.165) is 22.8 Å². The van der Waals surface area contributed by atoms with Crippen molar-refractivity contribution in [2.24, 2.45) is 0 Å². The minimum atomic E-state index is -3.56. The van der Waals surface area contributed by atoms with E-state index in [4.69, 9.17) is 4.42 Å². The number of hydrogen-bond acceptors (Lipinski definition) is 7. The highest BCUT2D eigenvalue weighted by molar-refractivity contribution is 8.02. The summed E-state index contributed by atoms with van der Waals surface area (Å²) in [6.45, 7) is 2.94. The van der Waals surface area contributed by atoms with E-state index in [1.807, 2.05) is 13.0 Å². The van der Waals surface area contributed by atoms with E-state index in [1.165, 1.54) is 38.4 Å². The van der Waals surface area contributed by atoms with Crippen molar-refractivity contribution in [3.05, 3.63) is 29.7 Å². The van der Waals surface area contributed by atoms with Crippen LogP contribution >= 0.6 is 23.1 Å². The zero-order valence-corrected chi connectivity index (χ0v) is 18.3. The highest BCUT2D eigenvalue weighted by atomic mass is 32.3. The predicted molar refractivity (Wildman–Crippen MR) is 111 cm³/mol. The average molecular weight is 456 g/mol. The largest absolute Gasteiger partial charge is 0.465 e. The van der Waals surface area contributed by atoms with Crippen molar-refractivity contribution in [3.8, 4) is 0 Å². The lowest BCUT2D eigenvalue weighted by Gasteiger charge is -2.25. The molecule has 1 saturated heterocycles. The molecule has 8 nitrogen and oxygen atoms in total. The Morgan fingerprint density at radius 2 is 2.03 bits per heavy atom. The van der Waals surface area contributed by atoms with Crippen LogP contribution in [-0.2, 0) is 26.2 Å². The maximum Gasteiger partial charge on any atom is 0.252 e. The second-order valence-electron chi connectivity index (χ2n) is 6.91. The van der Waals surface area contributed by atoms with E-state index in [9.17, 15) is 18.0 Å². The second kappa shape index (κ2) is 8.13. The molecule has 0 radical (unpaired) electrons. The number of amides is 2. The molecule has 0 aliphatic carbocycles. The van der Waals surface area contributed by atoms with E-state index >= 15 is 0 Å². The molecule has 0 atom stereocenters. The first-order chi connectivity index (χ1) is 13.8. The van der Waals surface area contributed by atoms with Gasteiger partial charge in [0.15, 0.2) is 0 Å². The summed E-state index contributed by atoms with van der Waals surface area (Å²) in [5.74, 6) is 1.02. The number of furan rings is 1. The second-order valence-corrected chi connectivity index (χ2v) is 11.4. The quantitative estimate of drug-likeness (QED) is 0.717. The summed E-state index contributed by atoms with van der Waals surface area (Å²) in [5, 5.41) is 2.74. The van der Waals surface area contributed by atoms with Crippen LogP contribution < -0.4 is 10.2 Å². The number of hydrogen-bond donors (Lipinski definition) is 1. The summed E-state index contributed by atoms with van der Waals surface area (Å²) in [6.07, 6.45) is 1.72. The molecule has 2 aromatic heterocycles. The van der Waals surface area contributed by atoms with Crippen molar-refractivity contribution in [3.63, 3.8) is 0 Å². The molecule has 0 aromatic carbocycles. The van der Waals surface area contributed by atoms with Gasteiger partial charge in [-0.1, -0.05) is 0 Å². The van der Waals surface area contributed by atoms with Crippen LogP contribution in [0.4, 0.5) is 5.69 Å². The molecule has 2 aliphatic heterocycles. The van der Waals surface area contributed by atoms with Gasteiger partial charge in [-0.05, 0) is 38.0 Å². The third-order valence-corrected chi connectivity index (χ3v) is 9.53. The van der Waals surface area contributed by atoms with Crippen molar-refractivity contribution in [2.75, 3.05) is 30.3 Å². The molecule has 156 valence electrons. The van der Waals surface area contributed by atoms with Gasteiger partial charge in [-0.2, -0.15) is 4.31 Å². The molecule has 1 fully saturated rings. The number of nitrogens with zero attached hydrogens (tertiary/aromatic N) is 2. The summed E-state index contributed by atoms with van der Waals surface area (Å²) >= 11 is 2.49. The standard InChI is InChI=1S/C18H21N3O5S3/c1-12-4-5-13(26-12)9-19-15(22)10-21-14-8-17(28-18(14)27-11-16(21)23)29(24,25)20-6-2-3-7-20/h4-5,8H,2-3,6-7,9-11H2,1H3,(H,19,22). The van der Waals surface area contributed by atoms with Crippen molar-refractivity contribution in [2.45, 2.75) is 34.7 Å². The SMILES string of the molecule is Cc1ccc(CNC(=O)CN2C(=O)CSc3sc(S(=O)(=O)N4CCCC4)cc32)o1. The van der Waals surface area contributed by atoms with Gasteiger partial charge in [0.05, 0.1) is 22.2 Å². The van der Waals surface area contributed by atoms with E-state index in [1.54, 1.807) is 6.07 Å². The summed E-state index contributed by atoms with van der Waals surface area (Å²) in [7, 11) is -3.56. The number of carbonyl (C=O) groups is 2. The molecule has 0 unspecified atom stereocenters. The summed E-state index contributed by atoms with van der Waals surface area (Å²) in [4.78, 5) is 26.2. The molecule has 2 aromatic rings. The molecule has 0 bridgehead atoms. The van der Waals surface area contributed by atoms with E-state index in [-0.39, 0.29) is 34.9 Å². The predicted octanol–water partition coefficient (Wildman–Crippen LogP) is 2.19. The molecule has 2 aliphatic rings. The number of rotatable bonds is 6. The van der Waals surface area contributed by atoms with Gasteiger partial charge >= 0.3 is 0 Å². The van der Waals surface area contributed by atoms with Gasteiger partial charge in [-0.15, -0.1) is 23.1 Å². The fourth-order valence-corrected chi connectivity index (χ4v) is 7.73. The van der Waals surface area contributed by atoms with Crippen LogP contribution in [0, 0.1) is 6.92 Å². The number of thiophene rings is 1. The van der Waals surface area contributed by atoms with Crippen LogP contribution in [0.1, 0.15) is 24.4 Å². The Morgan fingerprint density at radius 1 is 1.28 bits per heavy atom. The van der Waals surface area contributed by atoms with Gasteiger partial charge in [0.1, 0.15) is 22.3 Å². The highest BCUT2D eigenvalue weighted by Crippen LogP contribution is 2.44. The first-order valence-electron chi connectivity index (χ1n) is 9.24. The van der Waals surface area contributed by atoms with Crippen LogP contribution in [0.25, 0.3) is 0 Å². The van der Waals surface area contributed by atoms with Crippen LogP contribution in [-0.4, -0.2) is 49.9 Å². The molecular formula is C18H21N3O5S3. The van der Waals surface area contributed by atoms with Gasteiger partial charge in [0.2, 0.25) is 11.8 Å². The lowest BCUT2D eigenvalue weighted by molar-refractivity contribution is -0.123. The van der Waals surface area contributed by atoms with Crippen LogP contribution in [0.5, 0.6) is 0 Å². The number of sulfonamides is 1. The highest BCUT2D eigenvalue weighted by Gasteiger charge is 2.34. The maximum atomic E-state index is 12.9. The molecule has 0 spiro atoms. The fourth-order valence-electron chi connectivity index (χ4n) is 3.30. The molecule has 2 amide bonds. The Morgan fingerprint density at radius 3 is 2.72 bits per heavy atom. The Hall–Kier alpha value is -1.82. The van der Waals surface area contributed by atoms with Gasteiger partial charge in [0, 0.05) is 13.1 Å². The van der Waals surface area contributed by atoms with Crippen LogP contribution in [0.3, 0.4) is 0 Å². The van der Waals surface area contributed by atoms with Gasteiger partial charge in [0.25, 0.3) is 10.0 Å². The Balaban J connectivity index is 1.49. The summed E-state index contributed by atoms with van der Waals surface area (Å²) in [6, 6.07) is 5.12. The van der Waals surface area contributed by atoms with Crippen molar-refractivity contribution in [1.29, 1.82) is 0 Å². The van der Waals surface area contributed by atoms with Crippen LogP contribution in [0.2, 0.25) is 0 Å². The monoisotopic (exact) mass is 455 g/mol. The summed E-state index contributed by atoms with van der Waals surface area (Å²) < 4.78 is 33.6. The van der Waals surface area contributed by atoms with E-state index in [0.29, 0.717) is 24.5 Å². The fraction of sp³-hybridized carbons (Fsp3) is 0.444. The van der Waals surface area contributed by atoms with E-state index in [2.05, 4.69) is 5.32 Å². The number of fused-ring (bicyclic) bond motifs is 1. The van der Waals surface area contributed by atoms with E-state index < -0.39 is 10.0 Å². The smallest absolute Gasteiger partial charge is 0.252 e. The lowest BCUT2D eigenvalue weighted by Crippen LogP contribution is -2.42. The molecular weight excluding hydrogens is 434 g/mol. The van der Waals surface area contributed by atoms with Gasteiger partial charge in [-0.25, -0.2) is 8.42 Å².